The summed E-state index contributed by atoms with van der Waals surface area (Å²) in [6.45, 7) is 2.40. The number of benzene rings is 3. The molecule has 172 valence electrons. The molecule has 3 aromatic carbocycles. The number of rotatable bonds is 8. The summed E-state index contributed by atoms with van der Waals surface area (Å²) >= 11 is 0. The summed E-state index contributed by atoms with van der Waals surface area (Å²) in [5.41, 5.74) is 4.14. The monoisotopic (exact) mass is 457 g/mol. The van der Waals surface area contributed by atoms with E-state index in [0.717, 1.165) is 5.56 Å². The molecule has 8 nitrogen and oxygen atoms in total. The third kappa shape index (κ3) is 7.76. The molecule has 0 aliphatic carbocycles. The third-order valence-electron chi connectivity index (χ3n) is 4.32. The number of hydrazone groups is 1. The molecule has 2 amide bonds. The highest BCUT2D eigenvalue weighted by molar-refractivity contribution is 6.39. The maximum Gasteiger partial charge on any atom is 0.336 e. The van der Waals surface area contributed by atoms with Gasteiger partial charge in [0.25, 0.3) is 0 Å². The van der Waals surface area contributed by atoms with Crippen LogP contribution in [-0.4, -0.2) is 30.6 Å². The summed E-state index contributed by atoms with van der Waals surface area (Å²) in [7, 11) is 0. The maximum atomic E-state index is 12.0. The zero-order chi connectivity index (χ0) is 24.2. The van der Waals surface area contributed by atoms with E-state index in [9.17, 15) is 14.4 Å². The summed E-state index contributed by atoms with van der Waals surface area (Å²) in [4.78, 5) is 35.8. The van der Waals surface area contributed by atoms with Crippen LogP contribution in [0.5, 0.6) is 11.5 Å². The van der Waals surface area contributed by atoms with Crippen LogP contribution in [0.4, 0.5) is 5.69 Å². The van der Waals surface area contributed by atoms with Gasteiger partial charge in [-0.1, -0.05) is 30.3 Å². The van der Waals surface area contributed by atoms with Crippen LogP contribution >= 0.6 is 0 Å². The highest BCUT2D eigenvalue weighted by atomic mass is 16.5. The van der Waals surface area contributed by atoms with E-state index >= 15 is 0 Å². The smallest absolute Gasteiger partial charge is 0.336 e. The Morgan fingerprint density at radius 3 is 2.18 bits per heavy atom. The van der Waals surface area contributed by atoms with Crippen molar-refractivity contribution >= 4 is 35.8 Å². The Balaban J connectivity index is 1.45. The zero-order valence-corrected chi connectivity index (χ0v) is 18.4. The van der Waals surface area contributed by atoms with Gasteiger partial charge in [-0.15, -0.1) is 0 Å². The first-order valence-electron chi connectivity index (χ1n) is 10.5. The number of amides is 2. The average Bonchev–Trinajstić information content (AvgIpc) is 2.86. The standard InChI is InChI=1S/C26H23N3O5/c1-2-33-22-15-11-21(12-16-22)28-25(31)26(32)29-27-18-20-8-13-23(14-9-20)34-24(30)17-10-19-6-4-3-5-7-19/h3-18H,2H2,1H3,(H,28,31)(H,29,32). The van der Waals surface area contributed by atoms with Crippen LogP contribution in [0.3, 0.4) is 0 Å². The summed E-state index contributed by atoms with van der Waals surface area (Å²) in [5, 5.41) is 6.24. The molecule has 3 rings (SSSR count). The fourth-order valence-corrected chi connectivity index (χ4v) is 2.71. The van der Waals surface area contributed by atoms with Crippen molar-refractivity contribution in [3.8, 4) is 11.5 Å². The Kier molecular flexibility index (Phi) is 8.69. The second kappa shape index (κ2) is 12.4. The van der Waals surface area contributed by atoms with Crippen LogP contribution in [0.2, 0.25) is 0 Å². The van der Waals surface area contributed by atoms with Crippen LogP contribution < -0.4 is 20.2 Å². The van der Waals surface area contributed by atoms with Crippen molar-refractivity contribution in [2.45, 2.75) is 6.92 Å². The molecule has 3 aromatic rings. The SMILES string of the molecule is CCOc1ccc(NC(=O)C(=O)NN=Cc2ccc(OC(=O)C=Cc3ccccc3)cc2)cc1. The summed E-state index contributed by atoms with van der Waals surface area (Å²) in [6.07, 6.45) is 4.37. The summed E-state index contributed by atoms with van der Waals surface area (Å²) in [5.74, 6) is -1.25. The molecule has 0 bridgehead atoms. The molecule has 0 saturated carbocycles. The van der Waals surface area contributed by atoms with Crippen molar-refractivity contribution in [1.82, 2.24) is 5.43 Å². The predicted octanol–water partition coefficient (Wildman–Crippen LogP) is 3.79. The van der Waals surface area contributed by atoms with Crippen LogP contribution in [0.1, 0.15) is 18.1 Å². The highest BCUT2D eigenvalue weighted by Gasteiger charge is 2.12. The second-order valence-electron chi connectivity index (χ2n) is 6.84. The number of hydrogen-bond donors (Lipinski definition) is 2. The molecule has 0 aliphatic heterocycles. The highest BCUT2D eigenvalue weighted by Crippen LogP contribution is 2.15. The number of ether oxygens (including phenoxy) is 2. The van der Waals surface area contributed by atoms with Gasteiger partial charge in [0.15, 0.2) is 0 Å². The van der Waals surface area contributed by atoms with Gasteiger partial charge < -0.3 is 14.8 Å². The van der Waals surface area contributed by atoms with Gasteiger partial charge >= 0.3 is 17.8 Å². The summed E-state index contributed by atoms with van der Waals surface area (Å²) in [6, 6.07) is 22.5. The fourth-order valence-electron chi connectivity index (χ4n) is 2.71. The number of carbonyl (C=O) groups excluding carboxylic acids is 3. The van der Waals surface area contributed by atoms with Crippen molar-refractivity contribution in [1.29, 1.82) is 0 Å². The average molecular weight is 457 g/mol. The van der Waals surface area contributed by atoms with Crippen molar-refractivity contribution in [2.24, 2.45) is 5.10 Å². The van der Waals surface area contributed by atoms with E-state index in [1.54, 1.807) is 54.6 Å². The number of esters is 1. The number of nitrogens with zero attached hydrogens (tertiary/aromatic N) is 1. The van der Waals surface area contributed by atoms with Gasteiger partial charge in [0.2, 0.25) is 0 Å². The number of nitrogens with one attached hydrogen (secondary N) is 2. The Morgan fingerprint density at radius 2 is 1.50 bits per heavy atom. The molecule has 0 atom stereocenters. The minimum atomic E-state index is -0.916. The van der Waals surface area contributed by atoms with Crippen molar-refractivity contribution in [2.75, 3.05) is 11.9 Å². The van der Waals surface area contributed by atoms with Gasteiger partial charge in [0, 0.05) is 11.8 Å². The molecule has 0 saturated heterocycles. The molecule has 0 fully saturated rings. The number of carbonyl (C=O) groups is 3. The van der Waals surface area contributed by atoms with Gasteiger partial charge in [-0.05, 0) is 72.7 Å². The minimum absolute atomic E-state index is 0.360. The Labute approximate surface area is 196 Å². The molecule has 8 heteroatoms. The number of anilines is 1. The van der Waals surface area contributed by atoms with E-state index in [1.807, 2.05) is 37.3 Å². The van der Waals surface area contributed by atoms with Crippen LogP contribution in [0.15, 0.2) is 90.0 Å². The molecule has 0 spiro atoms. The lowest BCUT2D eigenvalue weighted by molar-refractivity contribution is -0.136. The lowest BCUT2D eigenvalue weighted by Gasteiger charge is -2.06. The predicted molar refractivity (Wildman–Crippen MR) is 130 cm³/mol. The molecular formula is C26H23N3O5. The largest absolute Gasteiger partial charge is 0.494 e. The normalized spacial score (nSPS) is 10.7. The lowest BCUT2D eigenvalue weighted by Crippen LogP contribution is -2.32. The van der Waals surface area contributed by atoms with Gasteiger partial charge in [-0.2, -0.15) is 5.10 Å². The molecule has 2 N–H and O–H groups in total. The van der Waals surface area contributed by atoms with E-state index in [2.05, 4.69) is 15.8 Å². The first kappa shape index (κ1) is 23.9. The maximum absolute atomic E-state index is 12.0. The Morgan fingerprint density at radius 1 is 0.824 bits per heavy atom. The topological polar surface area (TPSA) is 106 Å². The van der Waals surface area contributed by atoms with Gasteiger partial charge in [-0.25, -0.2) is 10.2 Å². The quantitative estimate of drug-likeness (QED) is 0.134. The second-order valence-corrected chi connectivity index (χ2v) is 6.84. The summed E-state index contributed by atoms with van der Waals surface area (Å²) < 4.78 is 10.6. The molecule has 0 radical (unpaired) electrons. The van der Waals surface area contributed by atoms with Gasteiger partial charge in [-0.3, -0.25) is 9.59 Å². The molecule has 0 aromatic heterocycles. The Hall–Kier alpha value is -4.72. The van der Waals surface area contributed by atoms with Crippen LogP contribution in [0.25, 0.3) is 6.08 Å². The van der Waals surface area contributed by atoms with E-state index in [-0.39, 0.29) is 0 Å². The Bertz CT molecular complexity index is 1170. The molecule has 34 heavy (non-hydrogen) atoms. The molecule has 0 unspecified atom stereocenters. The molecular weight excluding hydrogens is 434 g/mol. The number of hydrogen-bond acceptors (Lipinski definition) is 6. The molecule has 0 heterocycles. The first-order chi connectivity index (χ1) is 16.5. The third-order valence-corrected chi connectivity index (χ3v) is 4.32. The first-order valence-corrected chi connectivity index (χ1v) is 10.5. The van der Waals surface area contributed by atoms with E-state index in [1.165, 1.54) is 12.3 Å². The minimum Gasteiger partial charge on any atom is -0.494 e. The van der Waals surface area contributed by atoms with Gasteiger partial charge in [0.05, 0.1) is 12.8 Å². The van der Waals surface area contributed by atoms with E-state index < -0.39 is 17.8 Å². The lowest BCUT2D eigenvalue weighted by atomic mass is 10.2. The van der Waals surface area contributed by atoms with Crippen molar-refractivity contribution < 1.29 is 23.9 Å². The van der Waals surface area contributed by atoms with E-state index in [4.69, 9.17) is 9.47 Å². The van der Waals surface area contributed by atoms with Crippen molar-refractivity contribution in [3.63, 3.8) is 0 Å². The fraction of sp³-hybridized carbons (Fsp3) is 0.0769. The van der Waals surface area contributed by atoms with Gasteiger partial charge in [0.1, 0.15) is 11.5 Å². The zero-order valence-electron chi connectivity index (χ0n) is 18.4. The van der Waals surface area contributed by atoms with E-state index in [0.29, 0.717) is 29.4 Å². The van der Waals surface area contributed by atoms with Crippen LogP contribution in [-0.2, 0) is 14.4 Å². The van der Waals surface area contributed by atoms with Crippen molar-refractivity contribution in [3.05, 3.63) is 96.1 Å². The molecule has 0 aliphatic rings. The van der Waals surface area contributed by atoms with Crippen LogP contribution in [0, 0.1) is 0 Å².